The lowest BCUT2D eigenvalue weighted by Gasteiger charge is -2.20. The van der Waals surface area contributed by atoms with Crippen LogP contribution >= 0.6 is 0 Å². The van der Waals surface area contributed by atoms with Crippen LogP contribution in [0, 0.1) is 24.2 Å². The molecule has 2 aromatic carbocycles. The van der Waals surface area contributed by atoms with Gasteiger partial charge in [-0.25, -0.2) is 4.79 Å². The van der Waals surface area contributed by atoms with Crippen LogP contribution in [-0.2, 0) is 4.79 Å². The van der Waals surface area contributed by atoms with Gasteiger partial charge >= 0.3 is 12.0 Å². The van der Waals surface area contributed by atoms with Crippen molar-refractivity contribution in [2.24, 2.45) is 5.92 Å². The van der Waals surface area contributed by atoms with Crippen molar-refractivity contribution in [3.63, 3.8) is 0 Å². The van der Waals surface area contributed by atoms with Gasteiger partial charge in [0.15, 0.2) is 0 Å². The summed E-state index contributed by atoms with van der Waals surface area (Å²) in [6, 6.07) is 13.7. The van der Waals surface area contributed by atoms with Gasteiger partial charge in [-0.05, 0) is 55.0 Å². The summed E-state index contributed by atoms with van der Waals surface area (Å²) in [5, 5.41) is 20.5. The highest BCUT2D eigenvalue weighted by Gasteiger charge is 2.18. The van der Waals surface area contributed by atoms with Gasteiger partial charge in [0, 0.05) is 19.3 Å². The summed E-state index contributed by atoms with van der Waals surface area (Å²) in [7, 11) is 1.55. The van der Waals surface area contributed by atoms with Crippen LogP contribution in [-0.4, -0.2) is 35.6 Å². The highest BCUT2D eigenvalue weighted by molar-refractivity contribution is 5.90. The van der Waals surface area contributed by atoms with Crippen molar-refractivity contribution in [3.05, 3.63) is 53.6 Å². The highest BCUT2D eigenvalue weighted by atomic mass is 16.5. The van der Waals surface area contributed by atoms with Gasteiger partial charge < -0.3 is 20.1 Å². The summed E-state index contributed by atoms with van der Waals surface area (Å²) in [4.78, 5) is 24.5. The molecule has 27 heavy (non-hydrogen) atoms. The Kier molecular flexibility index (Phi) is 6.39. The van der Waals surface area contributed by atoms with Gasteiger partial charge in [-0.1, -0.05) is 6.92 Å². The molecular weight excluding hydrogens is 346 g/mol. The van der Waals surface area contributed by atoms with E-state index in [4.69, 9.17) is 15.1 Å². The normalized spacial score (nSPS) is 11.2. The number of carboxylic acid groups (broad SMARTS) is 1. The zero-order chi connectivity index (χ0) is 20.0. The topological polar surface area (TPSA) is 103 Å². The van der Waals surface area contributed by atoms with Crippen molar-refractivity contribution in [2.45, 2.75) is 13.8 Å². The van der Waals surface area contributed by atoms with Crippen LogP contribution in [0.15, 0.2) is 42.5 Å². The number of aryl methyl sites for hydroxylation is 1. The molecule has 0 aliphatic rings. The lowest BCUT2D eigenvalue weighted by Crippen LogP contribution is -2.36. The van der Waals surface area contributed by atoms with Crippen LogP contribution in [0.5, 0.6) is 11.5 Å². The number of aliphatic carboxylic acids is 1. The standard InChI is InChI=1S/C20H21N3O4/c1-13-10-17(27-16-6-4-15(11-21)5-7-16)8-9-18(13)22-20(26)23(3)12-14(2)19(24)25/h4-10,14H,12H2,1-3H3,(H,22,26)(H,24,25). The number of anilines is 1. The fourth-order valence-corrected chi connectivity index (χ4v) is 2.36. The molecule has 2 amide bonds. The zero-order valence-corrected chi connectivity index (χ0v) is 15.4. The minimum atomic E-state index is -0.949. The van der Waals surface area contributed by atoms with Gasteiger partial charge in [-0.3, -0.25) is 4.79 Å². The van der Waals surface area contributed by atoms with E-state index in [1.807, 2.05) is 13.0 Å². The van der Waals surface area contributed by atoms with E-state index >= 15 is 0 Å². The third kappa shape index (κ3) is 5.47. The van der Waals surface area contributed by atoms with Gasteiger partial charge in [0.2, 0.25) is 0 Å². The summed E-state index contributed by atoms with van der Waals surface area (Å²) < 4.78 is 5.75. The quantitative estimate of drug-likeness (QED) is 0.807. The van der Waals surface area contributed by atoms with Gasteiger partial charge in [0.05, 0.1) is 17.6 Å². The maximum atomic E-state index is 12.2. The second kappa shape index (κ2) is 8.72. The lowest BCUT2D eigenvalue weighted by atomic mass is 10.1. The number of rotatable bonds is 6. The molecule has 2 rings (SSSR count). The van der Waals surface area contributed by atoms with Crippen molar-refractivity contribution in [2.75, 3.05) is 18.9 Å². The number of hydrogen-bond acceptors (Lipinski definition) is 4. The Hall–Kier alpha value is -3.53. The van der Waals surface area contributed by atoms with E-state index in [1.54, 1.807) is 56.4 Å². The smallest absolute Gasteiger partial charge is 0.321 e. The molecule has 0 heterocycles. The minimum Gasteiger partial charge on any atom is -0.481 e. The van der Waals surface area contributed by atoms with Crippen LogP contribution in [0.2, 0.25) is 0 Å². The number of benzene rings is 2. The largest absolute Gasteiger partial charge is 0.481 e. The molecule has 0 saturated heterocycles. The van der Waals surface area contributed by atoms with E-state index in [0.29, 0.717) is 22.7 Å². The van der Waals surface area contributed by atoms with E-state index < -0.39 is 11.9 Å². The first-order valence-corrected chi connectivity index (χ1v) is 8.33. The van der Waals surface area contributed by atoms with Gasteiger partial charge in [-0.2, -0.15) is 5.26 Å². The van der Waals surface area contributed by atoms with E-state index in [9.17, 15) is 9.59 Å². The molecular formula is C20H21N3O4. The van der Waals surface area contributed by atoms with Crippen LogP contribution in [0.1, 0.15) is 18.1 Å². The van der Waals surface area contributed by atoms with Crippen molar-refractivity contribution < 1.29 is 19.4 Å². The van der Waals surface area contributed by atoms with E-state index in [1.165, 1.54) is 4.90 Å². The molecule has 0 radical (unpaired) electrons. The predicted octanol–water partition coefficient (Wildman–Crippen LogP) is 3.84. The van der Waals surface area contributed by atoms with Crippen molar-refractivity contribution in [1.82, 2.24) is 4.90 Å². The maximum absolute atomic E-state index is 12.2. The van der Waals surface area contributed by atoms with Crippen LogP contribution in [0.25, 0.3) is 0 Å². The third-order valence-corrected chi connectivity index (χ3v) is 3.97. The molecule has 0 aromatic heterocycles. The molecule has 0 saturated carbocycles. The maximum Gasteiger partial charge on any atom is 0.321 e. The average molecular weight is 367 g/mol. The zero-order valence-electron chi connectivity index (χ0n) is 15.4. The molecule has 0 spiro atoms. The predicted molar refractivity (Wildman–Crippen MR) is 101 cm³/mol. The first-order chi connectivity index (χ1) is 12.8. The summed E-state index contributed by atoms with van der Waals surface area (Å²) >= 11 is 0. The van der Waals surface area contributed by atoms with E-state index in [2.05, 4.69) is 5.32 Å². The van der Waals surface area contributed by atoms with E-state index in [-0.39, 0.29) is 12.6 Å². The number of carbonyl (C=O) groups is 2. The molecule has 2 aromatic rings. The summed E-state index contributed by atoms with van der Waals surface area (Å²) in [5.41, 5.74) is 1.97. The Morgan fingerprint density at radius 3 is 2.41 bits per heavy atom. The number of nitriles is 1. The number of urea groups is 1. The van der Waals surface area contributed by atoms with Gasteiger partial charge in [-0.15, -0.1) is 0 Å². The second-order valence-electron chi connectivity index (χ2n) is 6.26. The van der Waals surface area contributed by atoms with Crippen molar-refractivity contribution in [3.8, 4) is 17.6 Å². The van der Waals surface area contributed by atoms with Crippen molar-refractivity contribution >= 4 is 17.7 Å². The number of carboxylic acids is 1. The molecule has 0 bridgehead atoms. The molecule has 2 N–H and O–H groups in total. The third-order valence-electron chi connectivity index (χ3n) is 3.97. The molecule has 1 unspecified atom stereocenters. The minimum absolute atomic E-state index is 0.111. The van der Waals surface area contributed by atoms with Gasteiger partial charge in [0.1, 0.15) is 11.5 Å². The number of hydrogen-bond donors (Lipinski definition) is 2. The number of amides is 2. The lowest BCUT2D eigenvalue weighted by molar-refractivity contribution is -0.141. The Bertz CT molecular complexity index is 872. The molecule has 0 aliphatic heterocycles. The highest BCUT2D eigenvalue weighted by Crippen LogP contribution is 2.26. The molecule has 0 fully saturated rings. The molecule has 7 heteroatoms. The average Bonchev–Trinajstić information content (AvgIpc) is 2.64. The van der Waals surface area contributed by atoms with E-state index in [0.717, 1.165) is 5.56 Å². The van der Waals surface area contributed by atoms with Crippen LogP contribution < -0.4 is 10.1 Å². The summed E-state index contributed by atoms with van der Waals surface area (Å²) in [6.07, 6.45) is 0. The van der Waals surface area contributed by atoms with Crippen LogP contribution in [0.3, 0.4) is 0 Å². The number of ether oxygens (including phenoxy) is 1. The second-order valence-corrected chi connectivity index (χ2v) is 6.26. The molecule has 7 nitrogen and oxygen atoms in total. The van der Waals surface area contributed by atoms with Crippen molar-refractivity contribution in [1.29, 1.82) is 5.26 Å². The molecule has 1 atom stereocenters. The molecule has 0 aliphatic carbocycles. The Morgan fingerprint density at radius 1 is 1.22 bits per heavy atom. The van der Waals surface area contributed by atoms with Gasteiger partial charge in [0.25, 0.3) is 0 Å². The summed E-state index contributed by atoms with van der Waals surface area (Å²) in [5.74, 6) is -0.393. The first kappa shape index (κ1) is 19.8. The SMILES string of the molecule is Cc1cc(Oc2ccc(C#N)cc2)ccc1NC(=O)N(C)CC(C)C(=O)O. The monoisotopic (exact) mass is 367 g/mol. The fraction of sp³-hybridized carbons (Fsp3) is 0.250. The fourth-order valence-electron chi connectivity index (χ4n) is 2.36. The number of nitrogens with zero attached hydrogens (tertiary/aromatic N) is 2. The number of nitrogens with one attached hydrogen (secondary N) is 1. The van der Waals surface area contributed by atoms with Crippen LogP contribution in [0.4, 0.5) is 10.5 Å². The Morgan fingerprint density at radius 2 is 1.85 bits per heavy atom. The summed E-state index contributed by atoms with van der Waals surface area (Å²) in [6.45, 7) is 3.49. The number of carbonyl (C=O) groups excluding carboxylic acids is 1. The Labute approximate surface area is 157 Å². The Balaban J connectivity index is 2.02. The molecule has 140 valence electrons. The first-order valence-electron chi connectivity index (χ1n) is 8.33.